The molecule has 3 nitrogen and oxygen atoms in total. The Morgan fingerprint density at radius 1 is 0.750 bits per heavy atom. The summed E-state index contributed by atoms with van der Waals surface area (Å²) in [5.41, 5.74) is 2.12. The molecule has 2 aliphatic carbocycles. The molecule has 154 valence electrons. The molecule has 0 amide bonds. The van der Waals surface area contributed by atoms with Crippen LogP contribution in [0.15, 0.2) is 30.3 Å². The van der Waals surface area contributed by atoms with Crippen LogP contribution in [0.25, 0.3) is 0 Å². The van der Waals surface area contributed by atoms with Crippen molar-refractivity contribution in [3.05, 3.63) is 30.3 Å². The van der Waals surface area contributed by atoms with Gasteiger partial charge in [-0.25, -0.2) is 0 Å². The monoisotopic (exact) mass is 381 g/mol. The maximum absolute atomic E-state index is 2.79. The first kappa shape index (κ1) is 18.9. The molecular formula is C25H39N3. The van der Waals surface area contributed by atoms with Crippen LogP contribution >= 0.6 is 0 Å². The SMILES string of the molecule is c1ccc(N2CCC3(CC2)CC3CN2CCN(CC3CCCCC3)CC2)cc1. The lowest BCUT2D eigenvalue weighted by Crippen LogP contribution is -2.48. The van der Waals surface area contributed by atoms with Crippen LogP contribution in [-0.4, -0.2) is 62.2 Å². The van der Waals surface area contributed by atoms with Gasteiger partial charge in [-0.1, -0.05) is 37.5 Å². The first-order valence-electron chi connectivity index (χ1n) is 12.1. The highest BCUT2D eigenvalue weighted by atomic mass is 15.3. The van der Waals surface area contributed by atoms with Gasteiger partial charge in [0.1, 0.15) is 0 Å². The second-order valence-electron chi connectivity index (χ2n) is 10.2. The van der Waals surface area contributed by atoms with Gasteiger partial charge in [0, 0.05) is 58.0 Å². The van der Waals surface area contributed by atoms with Crippen molar-refractivity contribution >= 4 is 5.69 Å². The highest BCUT2D eigenvalue weighted by Crippen LogP contribution is 2.59. The highest BCUT2D eigenvalue weighted by molar-refractivity contribution is 5.46. The van der Waals surface area contributed by atoms with Gasteiger partial charge in [-0.3, -0.25) is 0 Å². The van der Waals surface area contributed by atoms with E-state index in [9.17, 15) is 0 Å². The molecule has 0 aromatic heterocycles. The number of anilines is 1. The summed E-state index contributed by atoms with van der Waals surface area (Å²) in [6.45, 7) is 10.5. The quantitative estimate of drug-likeness (QED) is 0.744. The molecule has 4 fully saturated rings. The van der Waals surface area contributed by atoms with Crippen molar-refractivity contribution in [3.8, 4) is 0 Å². The van der Waals surface area contributed by atoms with Gasteiger partial charge in [0.15, 0.2) is 0 Å². The van der Waals surface area contributed by atoms with Crippen LogP contribution in [0.2, 0.25) is 0 Å². The number of benzene rings is 1. The van der Waals surface area contributed by atoms with E-state index >= 15 is 0 Å². The van der Waals surface area contributed by atoms with Gasteiger partial charge < -0.3 is 14.7 Å². The van der Waals surface area contributed by atoms with E-state index in [1.807, 2.05) is 0 Å². The number of hydrogen-bond donors (Lipinski definition) is 0. The van der Waals surface area contributed by atoms with Gasteiger partial charge in [0.05, 0.1) is 0 Å². The number of hydrogen-bond acceptors (Lipinski definition) is 3. The molecular weight excluding hydrogens is 342 g/mol. The molecule has 0 N–H and O–H groups in total. The van der Waals surface area contributed by atoms with Crippen LogP contribution in [0, 0.1) is 17.3 Å². The molecule has 4 aliphatic rings. The predicted molar refractivity (Wildman–Crippen MR) is 118 cm³/mol. The number of para-hydroxylation sites is 1. The second-order valence-corrected chi connectivity index (χ2v) is 10.2. The van der Waals surface area contributed by atoms with Crippen LogP contribution in [0.5, 0.6) is 0 Å². The van der Waals surface area contributed by atoms with Gasteiger partial charge in [-0.05, 0) is 61.5 Å². The fraction of sp³-hybridized carbons (Fsp3) is 0.760. The predicted octanol–water partition coefficient (Wildman–Crippen LogP) is 4.49. The Morgan fingerprint density at radius 2 is 1.39 bits per heavy atom. The molecule has 1 unspecified atom stereocenters. The van der Waals surface area contributed by atoms with Crippen LogP contribution in [0.3, 0.4) is 0 Å². The van der Waals surface area contributed by atoms with Crippen molar-refractivity contribution in [2.75, 3.05) is 57.3 Å². The maximum Gasteiger partial charge on any atom is 0.0366 e. The van der Waals surface area contributed by atoms with E-state index in [-0.39, 0.29) is 0 Å². The number of piperazine rings is 1. The molecule has 1 aromatic rings. The molecule has 3 heteroatoms. The molecule has 2 aliphatic heterocycles. The third-order valence-corrected chi connectivity index (χ3v) is 8.42. The van der Waals surface area contributed by atoms with Gasteiger partial charge in [-0.2, -0.15) is 0 Å². The van der Waals surface area contributed by atoms with Crippen LogP contribution in [-0.2, 0) is 0 Å². The van der Waals surface area contributed by atoms with Crippen LogP contribution < -0.4 is 4.90 Å². The largest absolute Gasteiger partial charge is 0.371 e. The van der Waals surface area contributed by atoms with Crippen molar-refractivity contribution in [3.63, 3.8) is 0 Å². The van der Waals surface area contributed by atoms with Gasteiger partial charge >= 0.3 is 0 Å². The Morgan fingerprint density at radius 3 is 2.07 bits per heavy atom. The molecule has 1 atom stereocenters. The van der Waals surface area contributed by atoms with E-state index in [2.05, 4.69) is 45.0 Å². The molecule has 1 spiro atoms. The minimum Gasteiger partial charge on any atom is -0.371 e. The third kappa shape index (κ3) is 4.26. The zero-order chi connectivity index (χ0) is 18.8. The highest BCUT2D eigenvalue weighted by Gasteiger charge is 2.54. The Balaban J connectivity index is 1.03. The Hall–Kier alpha value is -1.06. The first-order chi connectivity index (χ1) is 13.8. The topological polar surface area (TPSA) is 9.72 Å². The Kier molecular flexibility index (Phi) is 5.65. The van der Waals surface area contributed by atoms with E-state index in [1.165, 1.54) is 109 Å². The van der Waals surface area contributed by atoms with Gasteiger partial charge in [-0.15, -0.1) is 0 Å². The number of rotatable bonds is 5. The summed E-state index contributed by atoms with van der Waals surface area (Å²) in [6, 6.07) is 11.0. The Bertz CT molecular complexity index is 608. The van der Waals surface area contributed by atoms with Crippen molar-refractivity contribution in [1.29, 1.82) is 0 Å². The van der Waals surface area contributed by atoms with Crippen molar-refractivity contribution in [2.45, 2.75) is 51.4 Å². The summed E-state index contributed by atoms with van der Waals surface area (Å²) in [6.07, 6.45) is 11.7. The van der Waals surface area contributed by atoms with E-state index in [1.54, 1.807) is 0 Å². The zero-order valence-electron chi connectivity index (χ0n) is 17.7. The molecule has 2 saturated carbocycles. The minimum absolute atomic E-state index is 0.699. The third-order valence-electron chi connectivity index (χ3n) is 8.42. The van der Waals surface area contributed by atoms with E-state index in [4.69, 9.17) is 0 Å². The Labute approximate surface area is 172 Å². The van der Waals surface area contributed by atoms with Crippen LogP contribution in [0.4, 0.5) is 5.69 Å². The van der Waals surface area contributed by atoms with Crippen molar-refractivity contribution in [2.24, 2.45) is 17.3 Å². The molecule has 1 aromatic carbocycles. The number of nitrogens with zero attached hydrogens (tertiary/aromatic N) is 3. The van der Waals surface area contributed by atoms with Crippen molar-refractivity contribution in [1.82, 2.24) is 9.80 Å². The van der Waals surface area contributed by atoms with Crippen molar-refractivity contribution < 1.29 is 0 Å². The summed E-state index contributed by atoms with van der Waals surface area (Å²) in [5, 5.41) is 0. The molecule has 2 saturated heterocycles. The van der Waals surface area contributed by atoms with Gasteiger partial charge in [0.25, 0.3) is 0 Å². The normalized spacial score (nSPS) is 29.3. The van der Waals surface area contributed by atoms with E-state index in [0.717, 1.165) is 11.8 Å². The summed E-state index contributed by atoms with van der Waals surface area (Å²) in [5.74, 6) is 1.98. The molecule has 0 bridgehead atoms. The fourth-order valence-corrected chi connectivity index (χ4v) is 6.35. The second kappa shape index (κ2) is 8.36. The summed E-state index contributed by atoms with van der Waals surface area (Å²) in [7, 11) is 0. The zero-order valence-corrected chi connectivity index (χ0v) is 17.7. The average Bonchev–Trinajstić information content (AvgIpc) is 3.42. The summed E-state index contributed by atoms with van der Waals surface area (Å²) < 4.78 is 0. The standard InChI is InChI=1S/C25H39N3/c1-3-7-22(8-4-1)20-26-15-17-27(18-16-26)21-23-19-25(23)11-13-28(14-12-25)24-9-5-2-6-10-24/h2,5-6,9-10,22-23H,1,3-4,7-8,11-21H2. The lowest BCUT2D eigenvalue weighted by Gasteiger charge is -2.38. The van der Waals surface area contributed by atoms with Crippen LogP contribution in [0.1, 0.15) is 51.4 Å². The molecule has 2 heterocycles. The molecule has 0 radical (unpaired) electrons. The first-order valence-corrected chi connectivity index (χ1v) is 12.1. The molecule has 5 rings (SSSR count). The van der Waals surface area contributed by atoms with E-state index in [0.29, 0.717) is 5.41 Å². The van der Waals surface area contributed by atoms with E-state index < -0.39 is 0 Å². The molecule has 28 heavy (non-hydrogen) atoms. The maximum atomic E-state index is 2.79. The lowest BCUT2D eigenvalue weighted by atomic mass is 9.89. The fourth-order valence-electron chi connectivity index (χ4n) is 6.35. The minimum atomic E-state index is 0.699. The number of piperidine rings is 1. The average molecular weight is 382 g/mol. The lowest BCUT2D eigenvalue weighted by molar-refractivity contribution is 0.102. The summed E-state index contributed by atoms with van der Waals surface area (Å²) >= 11 is 0. The van der Waals surface area contributed by atoms with Gasteiger partial charge in [0.2, 0.25) is 0 Å². The smallest absolute Gasteiger partial charge is 0.0366 e. The summed E-state index contributed by atoms with van der Waals surface area (Å²) in [4.78, 5) is 8.17.